The highest BCUT2D eigenvalue weighted by Crippen LogP contribution is 2.19. The number of hydrogen-bond donors (Lipinski definition) is 0. The lowest BCUT2D eigenvalue weighted by atomic mass is 10.2. The minimum Gasteiger partial charge on any atom is -0.481 e. The lowest BCUT2D eigenvalue weighted by molar-refractivity contribution is -0.138. The largest absolute Gasteiger partial charge is 0.481 e. The molecule has 3 rings (SSSR count). The van der Waals surface area contributed by atoms with Crippen molar-refractivity contribution in [1.29, 1.82) is 0 Å². The van der Waals surface area contributed by atoms with E-state index >= 15 is 0 Å². The number of nitrogens with zero attached hydrogens (tertiary/aromatic N) is 3. The molecule has 1 aromatic heterocycles. The molecule has 22 heavy (non-hydrogen) atoms. The van der Waals surface area contributed by atoms with Gasteiger partial charge in [0, 0.05) is 37.8 Å². The third-order valence-electron chi connectivity index (χ3n) is 3.68. The molecule has 6 heteroatoms. The van der Waals surface area contributed by atoms with Crippen molar-refractivity contribution in [3.63, 3.8) is 0 Å². The van der Waals surface area contributed by atoms with Crippen molar-refractivity contribution in [3.8, 4) is 5.75 Å². The topological polar surface area (TPSA) is 45.7 Å². The first-order valence-corrected chi connectivity index (χ1v) is 8.27. The second-order valence-corrected chi connectivity index (χ2v) is 6.07. The molecule has 1 fully saturated rings. The van der Waals surface area contributed by atoms with E-state index in [1.807, 2.05) is 53.7 Å². The zero-order valence-electron chi connectivity index (χ0n) is 12.5. The predicted molar refractivity (Wildman–Crippen MR) is 87.4 cm³/mol. The zero-order chi connectivity index (χ0) is 15.4. The average Bonchev–Trinajstić information content (AvgIpc) is 3.10. The standard InChI is InChI=1S/C16H19N3O2S/c1-13(21-14-5-3-2-4-6-14)15(20)18-8-10-19(11-9-18)16-17-7-12-22-16/h2-7,12-13H,8-11H2,1H3/t13-/m1/s1. The molecule has 2 aromatic rings. The number of anilines is 1. The van der Waals surface area contributed by atoms with Gasteiger partial charge in [0.15, 0.2) is 11.2 Å². The molecule has 1 aromatic carbocycles. The number of rotatable bonds is 4. The highest BCUT2D eigenvalue weighted by molar-refractivity contribution is 7.13. The fourth-order valence-electron chi connectivity index (χ4n) is 2.50. The van der Waals surface area contributed by atoms with Crippen LogP contribution in [0.4, 0.5) is 5.13 Å². The van der Waals surface area contributed by atoms with Gasteiger partial charge in [-0.05, 0) is 19.1 Å². The maximum Gasteiger partial charge on any atom is 0.263 e. The summed E-state index contributed by atoms with van der Waals surface area (Å²) in [7, 11) is 0. The summed E-state index contributed by atoms with van der Waals surface area (Å²) in [6, 6.07) is 9.46. The Bertz CT molecular complexity index is 595. The van der Waals surface area contributed by atoms with Crippen LogP contribution in [0.3, 0.4) is 0 Å². The molecule has 0 spiro atoms. The van der Waals surface area contributed by atoms with Crippen molar-refractivity contribution in [2.24, 2.45) is 0 Å². The van der Waals surface area contributed by atoms with Crippen LogP contribution in [-0.2, 0) is 4.79 Å². The van der Waals surface area contributed by atoms with Gasteiger partial charge in [-0.25, -0.2) is 4.98 Å². The first kappa shape index (κ1) is 14.8. The Balaban J connectivity index is 1.53. The average molecular weight is 317 g/mol. The molecular weight excluding hydrogens is 298 g/mol. The highest BCUT2D eigenvalue weighted by atomic mass is 32.1. The van der Waals surface area contributed by atoms with E-state index in [1.54, 1.807) is 11.3 Å². The molecule has 116 valence electrons. The second-order valence-electron chi connectivity index (χ2n) is 5.20. The van der Waals surface area contributed by atoms with Crippen molar-refractivity contribution in [3.05, 3.63) is 41.9 Å². The lowest BCUT2D eigenvalue weighted by Crippen LogP contribution is -2.52. The summed E-state index contributed by atoms with van der Waals surface area (Å²) in [5, 5.41) is 3.00. The SMILES string of the molecule is C[C@@H](Oc1ccccc1)C(=O)N1CCN(c2nccs2)CC1. The minimum atomic E-state index is -0.464. The van der Waals surface area contributed by atoms with Crippen LogP contribution >= 0.6 is 11.3 Å². The van der Waals surface area contributed by atoms with Gasteiger partial charge < -0.3 is 14.5 Å². The number of para-hydroxylation sites is 1. The van der Waals surface area contributed by atoms with Gasteiger partial charge in [0.05, 0.1) is 0 Å². The second kappa shape index (κ2) is 6.79. The van der Waals surface area contributed by atoms with Crippen molar-refractivity contribution in [1.82, 2.24) is 9.88 Å². The number of amides is 1. The lowest BCUT2D eigenvalue weighted by Gasteiger charge is -2.35. The summed E-state index contributed by atoms with van der Waals surface area (Å²) < 4.78 is 5.71. The van der Waals surface area contributed by atoms with Crippen LogP contribution in [0, 0.1) is 0 Å². The predicted octanol–water partition coefficient (Wildman–Crippen LogP) is 2.26. The van der Waals surface area contributed by atoms with E-state index in [9.17, 15) is 4.79 Å². The van der Waals surface area contributed by atoms with Gasteiger partial charge in [-0.15, -0.1) is 11.3 Å². The van der Waals surface area contributed by atoms with Crippen molar-refractivity contribution in [2.45, 2.75) is 13.0 Å². The van der Waals surface area contributed by atoms with E-state index in [1.165, 1.54) is 0 Å². The molecule has 2 heterocycles. The van der Waals surface area contributed by atoms with Gasteiger partial charge in [0.2, 0.25) is 0 Å². The Kier molecular flexibility index (Phi) is 4.58. The number of benzene rings is 1. The van der Waals surface area contributed by atoms with Crippen LogP contribution < -0.4 is 9.64 Å². The van der Waals surface area contributed by atoms with Crippen molar-refractivity contribution >= 4 is 22.4 Å². The van der Waals surface area contributed by atoms with Gasteiger partial charge in [0.25, 0.3) is 5.91 Å². The molecular formula is C16H19N3O2S. The van der Waals surface area contributed by atoms with Gasteiger partial charge in [-0.1, -0.05) is 18.2 Å². The molecule has 0 bridgehead atoms. The number of ether oxygens (including phenoxy) is 1. The summed E-state index contributed by atoms with van der Waals surface area (Å²) in [6.45, 7) is 4.86. The van der Waals surface area contributed by atoms with Crippen LogP contribution in [0.5, 0.6) is 5.75 Å². The summed E-state index contributed by atoms with van der Waals surface area (Å²) in [4.78, 5) is 20.9. The summed E-state index contributed by atoms with van der Waals surface area (Å²) in [5.74, 6) is 0.771. The van der Waals surface area contributed by atoms with E-state index in [0.717, 1.165) is 24.0 Å². The quantitative estimate of drug-likeness (QED) is 0.868. The van der Waals surface area contributed by atoms with E-state index in [-0.39, 0.29) is 5.91 Å². The van der Waals surface area contributed by atoms with Gasteiger partial charge in [-0.2, -0.15) is 0 Å². The molecule has 5 nitrogen and oxygen atoms in total. The molecule has 0 N–H and O–H groups in total. The molecule has 0 saturated carbocycles. The number of hydrogen-bond acceptors (Lipinski definition) is 5. The molecule has 1 atom stereocenters. The first-order valence-electron chi connectivity index (χ1n) is 7.39. The molecule has 0 radical (unpaired) electrons. The van der Waals surface area contributed by atoms with E-state index < -0.39 is 6.10 Å². The first-order chi connectivity index (χ1) is 10.7. The Morgan fingerprint density at radius 3 is 2.59 bits per heavy atom. The third-order valence-corrected chi connectivity index (χ3v) is 4.52. The molecule has 1 aliphatic rings. The van der Waals surface area contributed by atoms with Gasteiger partial charge >= 0.3 is 0 Å². The van der Waals surface area contributed by atoms with Crippen LogP contribution in [-0.4, -0.2) is 48.1 Å². The molecule has 0 unspecified atom stereocenters. The van der Waals surface area contributed by atoms with Crippen LogP contribution in [0.2, 0.25) is 0 Å². The van der Waals surface area contributed by atoms with E-state index in [0.29, 0.717) is 13.1 Å². The highest BCUT2D eigenvalue weighted by Gasteiger charge is 2.26. The Labute approximate surface area is 134 Å². The van der Waals surface area contributed by atoms with E-state index in [4.69, 9.17) is 4.74 Å². The smallest absolute Gasteiger partial charge is 0.263 e. The Morgan fingerprint density at radius 1 is 1.23 bits per heavy atom. The fraction of sp³-hybridized carbons (Fsp3) is 0.375. The van der Waals surface area contributed by atoms with Crippen LogP contribution in [0.15, 0.2) is 41.9 Å². The Hall–Kier alpha value is -2.08. The maximum atomic E-state index is 12.5. The molecule has 1 saturated heterocycles. The van der Waals surface area contributed by atoms with Crippen LogP contribution in [0.25, 0.3) is 0 Å². The minimum absolute atomic E-state index is 0.0441. The van der Waals surface area contributed by atoms with Gasteiger partial charge in [-0.3, -0.25) is 4.79 Å². The summed E-state index contributed by atoms with van der Waals surface area (Å²) in [5.41, 5.74) is 0. The molecule has 1 amide bonds. The Morgan fingerprint density at radius 2 is 1.95 bits per heavy atom. The summed E-state index contributed by atoms with van der Waals surface area (Å²) >= 11 is 1.63. The molecule has 0 aliphatic carbocycles. The normalized spacial score (nSPS) is 16.4. The molecule has 1 aliphatic heterocycles. The number of carbonyl (C=O) groups excluding carboxylic acids is 1. The monoisotopic (exact) mass is 317 g/mol. The van der Waals surface area contributed by atoms with E-state index in [2.05, 4.69) is 9.88 Å². The number of thiazole rings is 1. The maximum absolute atomic E-state index is 12.5. The fourth-order valence-corrected chi connectivity index (χ4v) is 3.20. The number of aromatic nitrogens is 1. The number of piperazine rings is 1. The van der Waals surface area contributed by atoms with Gasteiger partial charge in [0.1, 0.15) is 5.75 Å². The van der Waals surface area contributed by atoms with Crippen molar-refractivity contribution < 1.29 is 9.53 Å². The number of carbonyl (C=O) groups is 1. The zero-order valence-corrected chi connectivity index (χ0v) is 13.3. The van der Waals surface area contributed by atoms with Crippen molar-refractivity contribution in [2.75, 3.05) is 31.1 Å². The third kappa shape index (κ3) is 3.39. The summed E-state index contributed by atoms with van der Waals surface area (Å²) in [6.07, 6.45) is 1.35. The van der Waals surface area contributed by atoms with Crippen LogP contribution in [0.1, 0.15) is 6.92 Å².